The van der Waals surface area contributed by atoms with E-state index in [2.05, 4.69) is 34.1 Å². The third-order valence-electron chi connectivity index (χ3n) is 6.40. The maximum absolute atomic E-state index is 13.5. The minimum absolute atomic E-state index is 0.0116. The first-order valence-corrected chi connectivity index (χ1v) is 10.6. The van der Waals surface area contributed by atoms with Gasteiger partial charge in [0, 0.05) is 25.3 Å². The van der Waals surface area contributed by atoms with Crippen LogP contribution in [0.25, 0.3) is 0 Å². The minimum Gasteiger partial charge on any atom is -0.356 e. The van der Waals surface area contributed by atoms with Gasteiger partial charge < -0.3 is 14.8 Å². The maximum atomic E-state index is 13.5. The van der Waals surface area contributed by atoms with Crippen molar-refractivity contribution >= 4 is 11.8 Å². The summed E-state index contributed by atoms with van der Waals surface area (Å²) < 4.78 is 0. The number of rotatable bonds is 4. The van der Waals surface area contributed by atoms with Crippen LogP contribution >= 0.6 is 0 Å². The molecule has 3 aliphatic rings. The zero-order valence-corrected chi connectivity index (χ0v) is 16.2. The fraction of sp³-hybridized carbons (Fsp3) is 0.478. The van der Waals surface area contributed by atoms with E-state index >= 15 is 0 Å². The number of carbonyl (C=O) groups excluding carboxylic acids is 2. The first-order chi connectivity index (χ1) is 13.7. The second-order valence-corrected chi connectivity index (χ2v) is 8.35. The molecule has 1 atom stereocenters. The van der Waals surface area contributed by atoms with Crippen LogP contribution in [0, 0.1) is 0 Å². The van der Waals surface area contributed by atoms with E-state index < -0.39 is 0 Å². The predicted octanol–water partition coefficient (Wildman–Crippen LogP) is 3.93. The number of aryl methyl sites for hydroxylation is 1. The molecule has 2 heterocycles. The molecule has 1 unspecified atom stereocenters. The van der Waals surface area contributed by atoms with Crippen molar-refractivity contribution in [3.8, 4) is 0 Å². The summed E-state index contributed by atoms with van der Waals surface area (Å²) in [5.41, 5.74) is 3.82. The number of nitrogens with one attached hydrogen (secondary N) is 1. The maximum Gasteiger partial charge on any atom is 0.270 e. The molecular formula is C23H27N3O2. The predicted molar refractivity (Wildman–Crippen MR) is 107 cm³/mol. The summed E-state index contributed by atoms with van der Waals surface area (Å²) in [5.74, 6) is 0.0680. The van der Waals surface area contributed by atoms with E-state index in [1.54, 1.807) is 12.3 Å². The van der Waals surface area contributed by atoms with Gasteiger partial charge in [-0.05, 0) is 62.1 Å². The van der Waals surface area contributed by atoms with Crippen LogP contribution in [-0.2, 0) is 6.42 Å². The number of benzene rings is 1. The normalized spacial score (nSPS) is 21.4. The monoisotopic (exact) mass is 377 g/mol. The topological polar surface area (TPSA) is 56.4 Å². The van der Waals surface area contributed by atoms with Crippen molar-refractivity contribution in [3.63, 3.8) is 0 Å². The van der Waals surface area contributed by atoms with E-state index in [1.165, 1.54) is 11.1 Å². The fourth-order valence-electron chi connectivity index (χ4n) is 4.81. The van der Waals surface area contributed by atoms with Crippen LogP contribution in [0.1, 0.15) is 76.5 Å². The number of aromatic nitrogens is 1. The molecule has 2 fully saturated rings. The van der Waals surface area contributed by atoms with Crippen LogP contribution in [-0.4, -0.2) is 45.7 Å². The molecule has 2 amide bonds. The van der Waals surface area contributed by atoms with Gasteiger partial charge in [0.25, 0.3) is 11.8 Å². The Labute approximate surface area is 165 Å². The van der Waals surface area contributed by atoms with Crippen molar-refractivity contribution in [1.82, 2.24) is 14.8 Å². The summed E-state index contributed by atoms with van der Waals surface area (Å²) in [6.45, 7) is 1.63. The van der Waals surface area contributed by atoms with E-state index in [9.17, 15) is 9.59 Å². The highest BCUT2D eigenvalue weighted by Gasteiger charge is 2.40. The molecule has 0 spiro atoms. The summed E-state index contributed by atoms with van der Waals surface area (Å²) in [5, 5.41) is 0. The molecule has 5 rings (SSSR count). The van der Waals surface area contributed by atoms with Crippen molar-refractivity contribution in [2.75, 3.05) is 13.1 Å². The highest BCUT2D eigenvalue weighted by atomic mass is 16.2. The van der Waals surface area contributed by atoms with E-state index in [0.717, 1.165) is 58.0 Å². The molecule has 1 aliphatic heterocycles. The number of carbonyl (C=O) groups is 2. The Balaban J connectivity index is 1.41. The molecule has 5 heteroatoms. The molecule has 1 saturated heterocycles. The van der Waals surface area contributed by atoms with Crippen LogP contribution in [0.15, 0.2) is 36.5 Å². The summed E-state index contributed by atoms with van der Waals surface area (Å²) in [4.78, 5) is 33.1. The quantitative estimate of drug-likeness (QED) is 0.878. The molecule has 1 aromatic carbocycles. The zero-order chi connectivity index (χ0) is 19.1. The van der Waals surface area contributed by atoms with Crippen molar-refractivity contribution in [1.29, 1.82) is 0 Å². The van der Waals surface area contributed by atoms with Crippen LogP contribution in [0.2, 0.25) is 0 Å². The standard InChI is InChI=1S/C23H27N3O2/c27-22(17-14-20(24-15-17)23(28)25-12-3-4-13-25)26(18-10-11-18)21-9-5-7-16-6-1-2-8-19(16)21/h1-2,6,8,14-15,18,21,24H,3-5,7,9-13H2. The van der Waals surface area contributed by atoms with E-state index in [-0.39, 0.29) is 17.9 Å². The number of nitrogens with zero attached hydrogens (tertiary/aromatic N) is 2. The van der Waals surface area contributed by atoms with Gasteiger partial charge in [0.1, 0.15) is 5.69 Å². The zero-order valence-electron chi connectivity index (χ0n) is 16.2. The molecule has 0 radical (unpaired) electrons. The summed E-state index contributed by atoms with van der Waals surface area (Å²) in [7, 11) is 0. The summed E-state index contributed by atoms with van der Waals surface area (Å²) >= 11 is 0. The third kappa shape index (κ3) is 3.13. The average Bonchev–Trinajstić information content (AvgIpc) is 3.22. The third-order valence-corrected chi connectivity index (χ3v) is 6.40. The van der Waals surface area contributed by atoms with E-state index in [0.29, 0.717) is 17.3 Å². The summed E-state index contributed by atoms with van der Waals surface area (Å²) in [6, 6.07) is 10.8. The highest BCUT2D eigenvalue weighted by Crippen LogP contribution is 2.41. The van der Waals surface area contributed by atoms with E-state index in [4.69, 9.17) is 0 Å². The van der Waals surface area contributed by atoms with Crippen molar-refractivity contribution in [3.05, 3.63) is 58.9 Å². The lowest BCUT2D eigenvalue weighted by atomic mass is 9.86. The Morgan fingerprint density at radius 1 is 1.04 bits per heavy atom. The minimum atomic E-state index is 0.0116. The van der Waals surface area contributed by atoms with Gasteiger partial charge in [-0.1, -0.05) is 24.3 Å². The lowest BCUT2D eigenvalue weighted by molar-refractivity contribution is 0.0638. The van der Waals surface area contributed by atoms with Crippen molar-refractivity contribution < 1.29 is 9.59 Å². The number of hydrogen-bond acceptors (Lipinski definition) is 2. The second-order valence-electron chi connectivity index (χ2n) is 8.35. The van der Waals surface area contributed by atoms with Gasteiger partial charge in [-0.3, -0.25) is 9.59 Å². The Hall–Kier alpha value is -2.56. The first kappa shape index (κ1) is 17.5. The molecule has 1 saturated carbocycles. The lowest BCUT2D eigenvalue weighted by Crippen LogP contribution is -2.38. The average molecular weight is 377 g/mol. The van der Waals surface area contributed by atoms with E-state index in [1.807, 2.05) is 4.90 Å². The molecule has 1 N–H and O–H groups in total. The van der Waals surface area contributed by atoms with Crippen LogP contribution in [0.5, 0.6) is 0 Å². The van der Waals surface area contributed by atoms with Crippen LogP contribution in [0.4, 0.5) is 0 Å². The van der Waals surface area contributed by atoms with Gasteiger partial charge in [-0.25, -0.2) is 0 Å². The van der Waals surface area contributed by atoms with Crippen LogP contribution < -0.4 is 0 Å². The highest BCUT2D eigenvalue weighted by molar-refractivity contribution is 5.99. The number of fused-ring (bicyclic) bond motifs is 1. The number of hydrogen-bond donors (Lipinski definition) is 1. The second kappa shape index (κ2) is 7.12. The van der Waals surface area contributed by atoms with Crippen molar-refractivity contribution in [2.45, 2.75) is 57.0 Å². The largest absolute Gasteiger partial charge is 0.356 e. The Bertz CT molecular complexity index is 893. The number of H-pyrrole nitrogens is 1. The van der Waals surface area contributed by atoms with Gasteiger partial charge >= 0.3 is 0 Å². The summed E-state index contributed by atoms with van der Waals surface area (Å²) in [6.07, 6.45) is 9.23. The lowest BCUT2D eigenvalue weighted by Gasteiger charge is -2.36. The van der Waals surface area contributed by atoms with Gasteiger partial charge in [0.15, 0.2) is 0 Å². The molecule has 5 nitrogen and oxygen atoms in total. The molecule has 146 valence electrons. The van der Waals surface area contributed by atoms with Gasteiger partial charge in [-0.2, -0.15) is 0 Å². The molecule has 2 aliphatic carbocycles. The SMILES string of the molecule is O=C(c1cc(C(=O)N(C2CC2)C2CCCc3ccccc32)c[nH]1)N1CCCC1. The first-order valence-electron chi connectivity index (χ1n) is 10.6. The van der Waals surface area contributed by atoms with Crippen LogP contribution in [0.3, 0.4) is 0 Å². The molecule has 1 aromatic heterocycles. The van der Waals surface area contributed by atoms with Gasteiger partial charge in [-0.15, -0.1) is 0 Å². The van der Waals surface area contributed by atoms with Gasteiger partial charge in [0.05, 0.1) is 11.6 Å². The number of likely N-dealkylation sites (tertiary alicyclic amines) is 1. The smallest absolute Gasteiger partial charge is 0.270 e. The molecule has 0 bridgehead atoms. The fourth-order valence-corrected chi connectivity index (χ4v) is 4.81. The number of aromatic amines is 1. The number of amides is 2. The van der Waals surface area contributed by atoms with Gasteiger partial charge in [0.2, 0.25) is 0 Å². The molecular weight excluding hydrogens is 350 g/mol. The molecule has 28 heavy (non-hydrogen) atoms. The Morgan fingerprint density at radius 3 is 2.61 bits per heavy atom. The Kier molecular flexibility index (Phi) is 4.46. The Morgan fingerprint density at radius 2 is 1.82 bits per heavy atom. The molecule has 2 aromatic rings. The van der Waals surface area contributed by atoms with Crippen molar-refractivity contribution in [2.24, 2.45) is 0 Å².